The molecule has 0 aliphatic heterocycles. The summed E-state index contributed by atoms with van der Waals surface area (Å²) in [6.07, 6.45) is 3.31. The molecule has 0 aliphatic rings. The zero-order valence-electron chi connectivity index (χ0n) is 11.1. The first-order valence-electron chi connectivity index (χ1n) is 6.29. The van der Waals surface area contributed by atoms with Gasteiger partial charge >= 0.3 is 0 Å². The highest BCUT2D eigenvalue weighted by Gasteiger charge is 2.08. The van der Waals surface area contributed by atoms with Gasteiger partial charge in [-0.2, -0.15) is 0 Å². The van der Waals surface area contributed by atoms with Crippen molar-refractivity contribution in [2.75, 3.05) is 5.32 Å². The molecule has 0 fully saturated rings. The number of rotatable bonds is 3. The molecular formula is C15H9BrClFN4. The van der Waals surface area contributed by atoms with Crippen LogP contribution in [0.4, 0.5) is 15.9 Å². The fourth-order valence-electron chi connectivity index (χ4n) is 1.84. The molecule has 0 saturated carbocycles. The molecule has 2 heterocycles. The maximum absolute atomic E-state index is 13.1. The van der Waals surface area contributed by atoms with Crippen molar-refractivity contribution in [3.8, 4) is 11.4 Å². The molecule has 3 aromatic rings. The smallest absolute Gasteiger partial charge is 0.163 e. The van der Waals surface area contributed by atoms with Crippen LogP contribution in [0.1, 0.15) is 0 Å². The molecule has 0 bridgehead atoms. The Kier molecular flexibility index (Phi) is 4.31. The highest BCUT2D eigenvalue weighted by atomic mass is 79.9. The predicted octanol–water partition coefficient (Wildman–Crippen LogP) is 4.84. The second kappa shape index (κ2) is 6.37. The second-order valence-electron chi connectivity index (χ2n) is 4.38. The Morgan fingerprint density at radius 3 is 2.55 bits per heavy atom. The SMILES string of the molecule is Fc1ccc(Nc2cc(Cl)nc(-c3ccncc3)n2)c(Br)c1. The van der Waals surface area contributed by atoms with Gasteiger partial charge in [0.2, 0.25) is 0 Å². The van der Waals surface area contributed by atoms with E-state index in [1.54, 1.807) is 36.7 Å². The van der Waals surface area contributed by atoms with Crippen LogP contribution in [0.3, 0.4) is 0 Å². The molecule has 0 aliphatic carbocycles. The van der Waals surface area contributed by atoms with Crippen LogP contribution >= 0.6 is 27.5 Å². The molecule has 0 radical (unpaired) electrons. The van der Waals surface area contributed by atoms with Gasteiger partial charge in [0.1, 0.15) is 16.8 Å². The first-order chi connectivity index (χ1) is 10.6. The molecule has 2 aromatic heterocycles. The van der Waals surface area contributed by atoms with Crippen molar-refractivity contribution in [3.05, 3.63) is 64.2 Å². The van der Waals surface area contributed by atoms with Crippen molar-refractivity contribution in [2.45, 2.75) is 0 Å². The summed E-state index contributed by atoms with van der Waals surface area (Å²) in [5.41, 5.74) is 1.48. The van der Waals surface area contributed by atoms with Crippen LogP contribution in [-0.4, -0.2) is 15.0 Å². The third kappa shape index (κ3) is 3.40. The van der Waals surface area contributed by atoms with Crippen LogP contribution < -0.4 is 5.32 Å². The van der Waals surface area contributed by atoms with Crippen molar-refractivity contribution in [2.24, 2.45) is 0 Å². The molecule has 22 heavy (non-hydrogen) atoms. The molecule has 1 aromatic carbocycles. The third-order valence-corrected chi connectivity index (χ3v) is 3.68. The highest BCUT2D eigenvalue weighted by molar-refractivity contribution is 9.10. The van der Waals surface area contributed by atoms with Gasteiger partial charge in [0, 0.05) is 28.5 Å². The summed E-state index contributed by atoms with van der Waals surface area (Å²) < 4.78 is 13.7. The summed E-state index contributed by atoms with van der Waals surface area (Å²) in [6, 6.07) is 9.53. The Balaban J connectivity index is 1.96. The number of halogens is 3. The molecule has 0 saturated heterocycles. The Hall–Kier alpha value is -2.05. The number of nitrogens with zero attached hydrogens (tertiary/aromatic N) is 3. The average Bonchev–Trinajstić information content (AvgIpc) is 2.50. The van der Waals surface area contributed by atoms with Gasteiger partial charge < -0.3 is 5.32 Å². The van der Waals surface area contributed by atoms with E-state index < -0.39 is 0 Å². The minimum atomic E-state index is -0.324. The van der Waals surface area contributed by atoms with E-state index in [1.807, 2.05) is 0 Å². The minimum absolute atomic E-state index is 0.308. The molecule has 4 nitrogen and oxygen atoms in total. The van der Waals surface area contributed by atoms with E-state index in [1.165, 1.54) is 12.1 Å². The van der Waals surface area contributed by atoms with Crippen LogP contribution in [0.25, 0.3) is 11.4 Å². The second-order valence-corrected chi connectivity index (χ2v) is 5.63. The molecule has 3 rings (SSSR count). The fraction of sp³-hybridized carbons (Fsp3) is 0. The van der Waals surface area contributed by atoms with Crippen molar-refractivity contribution in [1.29, 1.82) is 0 Å². The lowest BCUT2D eigenvalue weighted by Gasteiger charge is -2.09. The van der Waals surface area contributed by atoms with Gasteiger partial charge in [0.05, 0.1) is 5.69 Å². The van der Waals surface area contributed by atoms with E-state index in [0.29, 0.717) is 27.0 Å². The number of nitrogens with one attached hydrogen (secondary N) is 1. The monoisotopic (exact) mass is 378 g/mol. The number of aromatic nitrogens is 3. The summed E-state index contributed by atoms with van der Waals surface area (Å²) >= 11 is 9.35. The van der Waals surface area contributed by atoms with E-state index >= 15 is 0 Å². The van der Waals surface area contributed by atoms with Crippen LogP contribution in [0.2, 0.25) is 5.15 Å². The van der Waals surface area contributed by atoms with E-state index in [0.717, 1.165) is 5.56 Å². The van der Waals surface area contributed by atoms with Crippen molar-refractivity contribution in [1.82, 2.24) is 15.0 Å². The standard InChI is InChI=1S/C15H9BrClFN4/c16-11-7-10(18)1-2-12(11)20-14-8-13(17)21-15(22-14)9-3-5-19-6-4-9/h1-8H,(H,20,21,22). The lowest BCUT2D eigenvalue weighted by molar-refractivity contribution is 0.627. The Morgan fingerprint density at radius 1 is 1.05 bits per heavy atom. The summed E-state index contributed by atoms with van der Waals surface area (Å²) in [6.45, 7) is 0. The van der Waals surface area contributed by atoms with Gasteiger partial charge in [0.25, 0.3) is 0 Å². The summed E-state index contributed by atoms with van der Waals surface area (Å²) in [7, 11) is 0. The molecule has 0 amide bonds. The molecular weight excluding hydrogens is 371 g/mol. The first-order valence-corrected chi connectivity index (χ1v) is 7.46. The maximum Gasteiger partial charge on any atom is 0.163 e. The summed E-state index contributed by atoms with van der Waals surface area (Å²) in [5, 5.41) is 3.39. The lowest BCUT2D eigenvalue weighted by atomic mass is 10.2. The summed E-state index contributed by atoms with van der Waals surface area (Å²) in [4.78, 5) is 12.6. The number of benzene rings is 1. The zero-order chi connectivity index (χ0) is 15.5. The lowest BCUT2D eigenvalue weighted by Crippen LogP contribution is -1.98. The zero-order valence-corrected chi connectivity index (χ0v) is 13.4. The molecule has 0 spiro atoms. The minimum Gasteiger partial charge on any atom is -0.339 e. The largest absolute Gasteiger partial charge is 0.339 e. The normalized spacial score (nSPS) is 10.5. The van der Waals surface area contributed by atoms with Gasteiger partial charge in [-0.1, -0.05) is 11.6 Å². The Labute approximate surface area is 139 Å². The number of anilines is 2. The number of pyridine rings is 1. The van der Waals surface area contributed by atoms with E-state index in [2.05, 4.69) is 36.2 Å². The van der Waals surface area contributed by atoms with Crippen LogP contribution in [0.5, 0.6) is 0 Å². The van der Waals surface area contributed by atoms with Gasteiger partial charge in [-0.05, 0) is 46.3 Å². The number of hydrogen-bond donors (Lipinski definition) is 1. The van der Waals surface area contributed by atoms with E-state index in [-0.39, 0.29) is 5.82 Å². The fourth-order valence-corrected chi connectivity index (χ4v) is 2.47. The van der Waals surface area contributed by atoms with Gasteiger partial charge in [0.15, 0.2) is 5.82 Å². The quantitative estimate of drug-likeness (QED) is 0.662. The van der Waals surface area contributed by atoms with Crippen molar-refractivity contribution < 1.29 is 4.39 Å². The predicted molar refractivity (Wildman–Crippen MR) is 87.7 cm³/mol. The van der Waals surface area contributed by atoms with E-state index in [9.17, 15) is 4.39 Å². The maximum atomic E-state index is 13.1. The Morgan fingerprint density at radius 2 is 1.82 bits per heavy atom. The third-order valence-electron chi connectivity index (χ3n) is 2.83. The highest BCUT2D eigenvalue weighted by Crippen LogP contribution is 2.27. The average molecular weight is 380 g/mol. The van der Waals surface area contributed by atoms with Crippen LogP contribution in [0.15, 0.2) is 53.3 Å². The van der Waals surface area contributed by atoms with E-state index in [4.69, 9.17) is 11.6 Å². The molecule has 1 N–H and O–H groups in total. The van der Waals surface area contributed by atoms with Crippen molar-refractivity contribution in [3.63, 3.8) is 0 Å². The number of hydrogen-bond acceptors (Lipinski definition) is 4. The molecule has 110 valence electrons. The molecule has 0 atom stereocenters. The van der Waals surface area contributed by atoms with Gasteiger partial charge in [-0.15, -0.1) is 0 Å². The topological polar surface area (TPSA) is 50.7 Å². The molecule has 7 heteroatoms. The van der Waals surface area contributed by atoms with Gasteiger partial charge in [-0.25, -0.2) is 14.4 Å². The molecule has 0 unspecified atom stereocenters. The Bertz CT molecular complexity index is 814. The first kappa shape index (κ1) is 14.9. The summed E-state index contributed by atoms with van der Waals surface area (Å²) in [5.74, 6) is 0.672. The van der Waals surface area contributed by atoms with Crippen LogP contribution in [0, 0.1) is 5.82 Å². The van der Waals surface area contributed by atoms with Crippen LogP contribution in [-0.2, 0) is 0 Å². The van der Waals surface area contributed by atoms with Gasteiger partial charge in [-0.3, -0.25) is 4.98 Å². The van der Waals surface area contributed by atoms with Crippen molar-refractivity contribution >= 4 is 39.0 Å².